The molecule has 0 saturated heterocycles. The van der Waals surface area contributed by atoms with E-state index < -0.39 is 0 Å². The van der Waals surface area contributed by atoms with Crippen molar-refractivity contribution >= 4 is 10.9 Å². The monoisotopic (exact) mass is 235 g/mol. The normalized spacial score (nSPS) is 10.7. The second-order valence-electron chi connectivity index (χ2n) is 4.35. The Kier molecular flexibility index (Phi) is 2.49. The number of para-hydroxylation sites is 2. The van der Waals surface area contributed by atoms with Crippen LogP contribution >= 0.6 is 0 Å². The molecule has 0 unspecified atom stereocenters. The molecule has 0 aliphatic carbocycles. The van der Waals surface area contributed by atoms with Crippen LogP contribution < -0.4 is 5.56 Å². The number of nitrogens with zero attached hydrogens (tertiary/aromatic N) is 1. The molecule has 0 fully saturated rings. The van der Waals surface area contributed by atoms with Crippen molar-refractivity contribution in [2.45, 2.75) is 6.92 Å². The van der Waals surface area contributed by atoms with Crippen LogP contribution in [0, 0.1) is 6.92 Å². The second kappa shape index (κ2) is 4.15. The van der Waals surface area contributed by atoms with E-state index in [-0.39, 0.29) is 5.56 Å². The van der Waals surface area contributed by atoms with Crippen LogP contribution in [0.1, 0.15) is 5.56 Å². The summed E-state index contributed by atoms with van der Waals surface area (Å²) in [5.74, 6) is 0. The van der Waals surface area contributed by atoms with Gasteiger partial charge in [0.1, 0.15) is 0 Å². The molecule has 0 atom stereocenters. The van der Waals surface area contributed by atoms with Crippen LogP contribution in [0.25, 0.3) is 16.6 Å². The Bertz CT molecular complexity index is 757. The summed E-state index contributed by atoms with van der Waals surface area (Å²) < 4.78 is 1.75. The summed E-state index contributed by atoms with van der Waals surface area (Å²) in [5.41, 5.74) is 2.88. The molecule has 2 nitrogen and oxygen atoms in total. The van der Waals surface area contributed by atoms with Crippen LogP contribution in [0.15, 0.2) is 65.5 Å². The van der Waals surface area contributed by atoms with E-state index in [4.69, 9.17) is 0 Å². The third-order valence-corrected chi connectivity index (χ3v) is 3.14. The standard InChI is InChI=1S/C16H13NO/c1-12-11-16(18)17(13-7-3-2-4-8-13)15-10-6-5-9-14(12)15/h2-11H,1H3. The van der Waals surface area contributed by atoms with Gasteiger partial charge in [-0.1, -0.05) is 36.4 Å². The summed E-state index contributed by atoms with van der Waals surface area (Å²) in [4.78, 5) is 12.2. The van der Waals surface area contributed by atoms with Crippen LogP contribution in [0.5, 0.6) is 0 Å². The van der Waals surface area contributed by atoms with Crippen LogP contribution in [0.3, 0.4) is 0 Å². The highest BCUT2D eigenvalue weighted by atomic mass is 16.1. The Morgan fingerprint density at radius 1 is 0.889 bits per heavy atom. The number of aryl methyl sites for hydroxylation is 1. The molecule has 0 aliphatic heterocycles. The first-order valence-electron chi connectivity index (χ1n) is 5.94. The van der Waals surface area contributed by atoms with Crippen molar-refractivity contribution in [1.29, 1.82) is 0 Å². The van der Waals surface area contributed by atoms with Crippen LogP contribution in [0.2, 0.25) is 0 Å². The lowest BCUT2D eigenvalue weighted by Gasteiger charge is -2.11. The van der Waals surface area contributed by atoms with Gasteiger partial charge in [-0.25, -0.2) is 0 Å². The van der Waals surface area contributed by atoms with Gasteiger partial charge in [0.2, 0.25) is 0 Å². The van der Waals surface area contributed by atoms with E-state index in [1.807, 2.05) is 61.5 Å². The molecular formula is C16H13NO. The molecule has 0 aliphatic rings. The minimum Gasteiger partial charge on any atom is -0.277 e. The molecule has 18 heavy (non-hydrogen) atoms. The summed E-state index contributed by atoms with van der Waals surface area (Å²) in [6.07, 6.45) is 0. The Balaban J connectivity index is 2.46. The Hall–Kier alpha value is -2.35. The number of rotatable bonds is 1. The van der Waals surface area contributed by atoms with Gasteiger partial charge in [0.05, 0.1) is 5.52 Å². The average Bonchev–Trinajstić information content (AvgIpc) is 2.40. The number of fused-ring (bicyclic) bond motifs is 1. The van der Waals surface area contributed by atoms with Crippen molar-refractivity contribution in [3.05, 3.63) is 76.6 Å². The largest absolute Gasteiger partial charge is 0.277 e. The lowest BCUT2D eigenvalue weighted by Crippen LogP contribution is -2.18. The van der Waals surface area contributed by atoms with Crippen molar-refractivity contribution in [3.8, 4) is 5.69 Å². The molecular weight excluding hydrogens is 222 g/mol. The fraction of sp³-hybridized carbons (Fsp3) is 0.0625. The lowest BCUT2D eigenvalue weighted by atomic mass is 10.1. The third kappa shape index (κ3) is 1.63. The van der Waals surface area contributed by atoms with Crippen molar-refractivity contribution in [3.63, 3.8) is 0 Å². The summed E-state index contributed by atoms with van der Waals surface area (Å²) in [6, 6.07) is 19.4. The first-order chi connectivity index (χ1) is 8.77. The van der Waals surface area contributed by atoms with Gasteiger partial charge in [-0.05, 0) is 30.7 Å². The predicted octanol–water partition coefficient (Wildman–Crippen LogP) is 3.30. The number of benzene rings is 2. The van der Waals surface area contributed by atoms with Crippen LogP contribution in [-0.2, 0) is 0 Å². The van der Waals surface area contributed by atoms with Crippen LogP contribution in [0.4, 0.5) is 0 Å². The van der Waals surface area contributed by atoms with Gasteiger partial charge in [-0.3, -0.25) is 9.36 Å². The van der Waals surface area contributed by atoms with Gasteiger partial charge in [-0.15, -0.1) is 0 Å². The van der Waals surface area contributed by atoms with E-state index in [9.17, 15) is 4.79 Å². The first kappa shape index (κ1) is 10.8. The molecule has 0 saturated carbocycles. The fourth-order valence-electron chi connectivity index (χ4n) is 2.29. The Morgan fingerprint density at radius 3 is 2.33 bits per heavy atom. The van der Waals surface area contributed by atoms with Gasteiger partial charge in [0, 0.05) is 17.1 Å². The molecule has 2 heteroatoms. The Labute approximate surface area is 105 Å². The van der Waals surface area contributed by atoms with Gasteiger partial charge in [0.25, 0.3) is 5.56 Å². The van der Waals surface area contributed by atoms with Crippen molar-refractivity contribution in [2.75, 3.05) is 0 Å². The van der Waals surface area contributed by atoms with Gasteiger partial charge in [0.15, 0.2) is 0 Å². The molecule has 0 amide bonds. The van der Waals surface area contributed by atoms with E-state index in [1.54, 1.807) is 10.6 Å². The zero-order valence-electron chi connectivity index (χ0n) is 10.1. The second-order valence-corrected chi connectivity index (χ2v) is 4.35. The van der Waals surface area contributed by atoms with E-state index in [1.165, 1.54) is 0 Å². The number of hydrogen-bond acceptors (Lipinski definition) is 1. The maximum absolute atomic E-state index is 12.2. The van der Waals surface area contributed by atoms with Crippen LogP contribution in [-0.4, -0.2) is 4.57 Å². The molecule has 0 spiro atoms. The summed E-state index contributed by atoms with van der Waals surface area (Å²) in [7, 11) is 0. The molecule has 0 radical (unpaired) electrons. The highest BCUT2D eigenvalue weighted by molar-refractivity contribution is 5.83. The summed E-state index contributed by atoms with van der Waals surface area (Å²) in [6.45, 7) is 1.97. The molecule has 3 rings (SSSR count). The lowest BCUT2D eigenvalue weighted by molar-refractivity contribution is 1.04. The van der Waals surface area contributed by atoms with Crippen molar-refractivity contribution in [1.82, 2.24) is 4.57 Å². The fourth-order valence-corrected chi connectivity index (χ4v) is 2.29. The highest BCUT2D eigenvalue weighted by Gasteiger charge is 2.06. The van der Waals surface area contributed by atoms with Crippen molar-refractivity contribution in [2.24, 2.45) is 0 Å². The van der Waals surface area contributed by atoms with Gasteiger partial charge >= 0.3 is 0 Å². The quantitative estimate of drug-likeness (QED) is 0.634. The minimum absolute atomic E-state index is 0.0115. The molecule has 1 aromatic heterocycles. The predicted molar refractivity (Wildman–Crippen MR) is 74.3 cm³/mol. The number of aromatic nitrogens is 1. The summed E-state index contributed by atoms with van der Waals surface area (Å²) in [5, 5.41) is 1.11. The van der Waals surface area contributed by atoms with E-state index in [0.717, 1.165) is 22.2 Å². The zero-order valence-corrected chi connectivity index (χ0v) is 10.1. The van der Waals surface area contributed by atoms with Gasteiger partial charge in [-0.2, -0.15) is 0 Å². The number of hydrogen-bond donors (Lipinski definition) is 0. The zero-order chi connectivity index (χ0) is 12.5. The first-order valence-corrected chi connectivity index (χ1v) is 5.94. The summed E-state index contributed by atoms with van der Waals surface area (Å²) >= 11 is 0. The molecule has 1 heterocycles. The third-order valence-electron chi connectivity index (χ3n) is 3.14. The maximum atomic E-state index is 12.2. The van der Waals surface area contributed by atoms with E-state index in [2.05, 4.69) is 0 Å². The molecule has 88 valence electrons. The Morgan fingerprint density at radius 2 is 1.56 bits per heavy atom. The topological polar surface area (TPSA) is 22.0 Å². The molecule has 0 bridgehead atoms. The molecule has 0 N–H and O–H groups in total. The van der Waals surface area contributed by atoms with Crippen molar-refractivity contribution < 1.29 is 0 Å². The maximum Gasteiger partial charge on any atom is 0.255 e. The minimum atomic E-state index is 0.0115. The average molecular weight is 235 g/mol. The van der Waals surface area contributed by atoms with Gasteiger partial charge < -0.3 is 0 Å². The molecule has 2 aromatic carbocycles. The molecule has 3 aromatic rings. The van der Waals surface area contributed by atoms with E-state index in [0.29, 0.717) is 0 Å². The smallest absolute Gasteiger partial charge is 0.255 e. The SMILES string of the molecule is Cc1cc(=O)n(-c2ccccc2)c2ccccc12. The number of pyridine rings is 1. The van der Waals surface area contributed by atoms with E-state index >= 15 is 0 Å². The highest BCUT2D eigenvalue weighted by Crippen LogP contribution is 2.18.